The van der Waals surface area contributed by atoms with Gasteiger partial charge in [-0.15, -0.1) is 0 Å². The van der Waals surface area contributed by atoms with Crippen LogP contribution in [0, 0.1) is 6.92 Å². The molecule has 2 amide bonds. The molecular weight excluding hydrogens is 400 g/mol. The minimum Gasteiger partial charge on any atom is -0.375 e. The average Bonchev–Trinajstić information content (AvgIpc) is 2.79. The van der Waals surface area contributed by atoms with Crippen LogP contribution in [0.1, 0.15) is 35.2 Å². The SMILES string of the molecule is COCC(=O)N(Cc1ccc(C)cc1)c1cccc(CC(=O)NC(C)c2ccccc2)c1. The fraction of sp³-hybridized carbons (Fsp3) is 0.259. The number of amides is 2. The number of nitrogens with zero attached hydrogens (tertiary/aromatic N) is 1. The van der Waals surface area contributed by atoms with E-state index < -0.39 is 0 Å². The van der Waals surface area contributed by atoms with Gasteiger partial charge in [-0.25, -0.2) is 0 Å². The topological polar surface area (TPSA) is 58.6 Å². The van der Waals surface area contributed by atoms with E-state index in [1.807, 2.05) is 92.7 Å². The zero-order valence-corrected chi connectivity index (χ0v) is 18.9. The number of rotatable bonds is 9. The highest BCUT2D eigenvalue weighted by Gasteiger charge is 2.17. The second-order valence-corrected chi connectivity index (χ2v) is 7.95. The van der Waals surface area contributed by atoms with Gasteiger partial charge in [-0.3, -0.25) is 9.59 Å². The van der Waals surface area contributed by atoms with Crippen molar-refractivity contribution in [3.63, 3.8) is 0 Å². The number of hydrogen-bond donors (Lipinski definition) is 1. The number of aryl methyl sites for hydroxylation is 1. The van der Waals surface area contributed by atoms with E-state index >= 15 is 0 Å². The summed E-state index contributed by atoms with van der Waals surface area (Å²) in [5.41, 5.74) is 4.85. The maximum atomic E-state index is 12.8. The molecule has 5 nitrogen and oxygen atoms in total. The zero-order chi connectivity index (χ0) is 22.9. The fourth-order valence-electron chi connectivity index (χ4n) is 3.54. The van der Waals surface area contributed by atoms with Gasteiger partial charge < -0.3 is 15.0 Å². The lowest BCUT2D eigenvalue weighted by Gasteiger charge is -2.23. The van der Waals surface area contributed by atoms with E-state index in [2.05, 4.69) is 5.32 Å². The standard InChI is InChI=1S/C27H30N2O3/c1-20-12-14-22(15-13-20)18-29(27(31)19-32-3)25-11-7-8-23(16-25)17-26(30)28-21(2)24-9-5-4-6-10-24/h4-16,21H,17-19H2,1-3H3,(H,28,30). The molecule has 3 rings (SSSR count). The first-order valence-electron chi connectivity index (χ1n) is 10.7. The average molecular weight is 431 g/mol. The summed E-state index contributed by atoms with van der Waals surface area (Å²) in [6, 6.07) is 25.5. The van der Waals surface area contributed by atoms with Crippen molar-refractivity contribution in [1.82, 2.24) is 5.32 Å². The molecule has 0 saturated heterocycles. The maximum Gasteiger partial charge on any atom is 0.253 e. The summed E-state index contributed by atoms with van der Waals surface area (Å²) in [5, 5.41) is 3.04. The summed E-state index contributed by atoms with van der Waals surface area (Å²) >= 11 is 0. The third-order valence-electron chi connectivity index (χ3n) is 5.29. The third kappa shape index (κ3) is 6.53. The van der Waals surface area contributed by atoms with Gasteiger partial charge in [0, 0.05) is 12.8 Å². The molecule has 3 aromatic carbocycles. The molecule has 166 valence electrons. The van der Waals surface area contributed by atoms with Gasteiger partial charge in [-0.05, 0) is 42.7 Å². The summed E-state index contributed by atoms with van der Waals surface area (Å²) in [6.07, 6.45) is 0.238. The molecule has 0 radical (unpaired) electrons. The number of benzene rings is 3. The van der Waals surface area contributed by atoms with Crippen molar-refractivity contribution >= 4 is 17.5 Å². The molecule has 0 fully saturated rings. The van der Waals surface area contributed by atoms with Crippen molar-refractivity contribution in [2.45, 2.75) is 32.9 Å². The number of anilines is 1. The van der Waals surface area contributed by atoms with Gasteiger partial charge in [0.2, 0.25) is 5.91 Å². The Kier molecular flexibility index (Phi) is 8.17. The molecule has 0 aliphatic carbocycles. The molecule has 3 aromatic rings. The van der Waals surface area contributed by atoms with Crippen LogP contribution in [-0.4, -0.2) is 25.5 Å². The molecule has 0 aliphatic rings. The Hall–Kier alpha value is -3.44. The highest BCUT2D eigenvalue weighted by Crippen LogP contribution is 2.21. The molecule has 1 atom stereocenters. The second-order valence-electron chi connectivity index (χ2n) is 7.95. The summed E-state index contributed by atoms with van der Waals surface area (Å²) in [6.45, 7) is 4.43. The van der Waals surface area contributed by atoms with Gasteiger partial charge in [-0.1, -0.05) is 72.3 Å². The molecule has 32 heavy (non-hydrogen) atoms. The smallest absolute Gasteiger partial charge is 0.253 e. The predicted octanol–water partition coefficient (Wildman–Crippen LogP) is 4.59. The maximum absolute atomic E-state index is 12.8. The summed E-state index contributed by atoms with van der Waals surface area (Å²) in [4.78, 5) is 27.1. The lowest BCUT2D eigenvalue weighted by atomic mass is 10.1. The van der Waals surface area contributed by atoms with Crippen molar-refractivity contribution in [1.29, 1.82) is 0 Å². The predicted molar refractivity (Wildman–Crippen MR) is 127 cm³/mol. The molecule has 0 bridgehead atoms. The van der Waals surface area contributed by atoms with Gasteiger partial charge >= 0.3 is 0 Å². The lowest BCUT2D eigenvalue weighted by Crippen LogP contribution is -2.33. The lowest BCUT2D eigenvalue weighted by molar-refractivity contribution is -0.122. The first kappa shape index (κ1) is 23.2. The van der Waals surface area contributed by atoms with Gasteiger partial charge in [0.05, 0.1) is 19.0 Å². The van der Waals surface area contributed by atoms with Gasteiger partial charge in [-0.2, -0.15) is 0 Å². The zero-order valence-electron chi connectivity index (χ0n) is 18.9. The highest BCUT2D eigenvalue weighted by molar-refractivity contribution is 5.94. The minimum atomic E-state index is -0.132. The molecular formula is C27H30N2O3. The van der Waals surface area contributed by atoms with Crippen LogP contribution in [0.2, 0.25) is 0 Å². The quantitative estimate of drug-likeness (QED) is 0.540. The van der Waals surface area contributed by atoms with Crippen LogP contribution in [-0.2, 0) is 27.3 Å². The molecule has 0 aromatic heterocycles. The molecule has 0 heterocycles. The Morgan fingerprint density at radius 3 is 2.34 bits per heavy atom. The normalized spacial score (nSPS) is 11.6. The molecule has 0 spiro atoms. The van der Waals surface area contributed by atoms with Crippen LogP contribution in [0.15, 0.2) is 78.9 Å². The summed E-state index contributed by atoms with van der Waals surface area (Å²) in [7, 11) is 1.51. The number of ether oxygens (including phenoxy) is 1. The minimum absolute atomic E-state index is 0.00876. The van der Waals surface area contributed by atoms with E-state index in [9.17, 15) is 9.59 Å². The van der Waals surface area contributed by atoms with Gasteiger partial charge in [0.15, 0.2) is 0 Å². The number of carbonyl (C=O) groups excluding carboxylic acids is 2. The largest absolute Gasteiger partial charge is 0.375 e. The Balaban J connectivity index is 1.73. The first-order chi connectivity index (χ1) is 15.5. The molecule has 1 N–H and O–H groups in total. The van der Waals surface area contributed by atoms with Gasteiger partial charge in [0.1, 0.15) is 6.61 Å². The van der Waals surface area contributed by atoms with Crippen molar-refractivity contribution in [2.24, 2.45) is 0 Å². The molecule has 0 saturated carbocycles. The number of carbonyl (C=O) groups is 2. The van der Waals surface area contributed by atoms with Crippen LogP contribution in [0.3, 0.4) is 0 Å². The molecule has 1 unspecified atom stereocenters. The van der Waals surface area contributed by atoms with Crippen LogP contribution < -0.4 is 10.2 Å². The first-order valence-corrected chi connectivity index (χ1v) is 10.7. The van der Waals surface area contributed by atoms with Crippen molar-refractivity contribution < 1.29 is 14.3 Å². The van der Waals surface area contributed by atoms with Crippen molar-refractivity contribution in [3.8, 4) is 0 Å². The van der Waals surface area contributed by atoms with E-state index in [4.69, 9.17) is 4.74 Å². The fourth-order valence-corrected chi connectivity index (χ4v) is 3.54. The number of hydrogen-bond acceptors (Lipinski definition) is 3. The molecule has 0 aliphatic heterocycles. The highest BCUT2D eigenvalue weighted by atomic mass is 16.5. The van der Waals surface area contributed by atoms with Crippen LogP contribution in [0.4, 0.5) is 5.69 Å². The van der Waals surface area contributed by atoms with Crippen molar-refractivity contribution in [3.05, 3.63) is 101 Å². The van der Waals surface area contributed by atoms with E-state index in [1.54, 1.807) is 4.90 Å². The number of methoxy groups -OCH3 is 1. The third-order valence-corrected chi connectivity index (χ3v) is 5.29. The summed E-state index contributed by atoms with van der Waals surface area (Å²) < 4.78 is 5.09. The monoisotopic (exact) mass is 430 g/mol. The van der Waals surface area contributed by atoms with Crippen molar-refractivity contribution in [2.75, 3.05) is 18.6 Å². The summed E-state index contributed by atoms with van der Waals surface area (Å²) in [5.74, 6) is -0.195. The Labute approximate surface area is 190 Å². The Morgan fingerprint density at radius 1 is 0.938 bits per heavy atom. The Morgan fingerprint density at radius 2 is 1.66 bits per heavy atom. The van der Waals surface area contributed by atoms with Crippen LogP contribution in [0.25, 0.3) is 0 Å². The van der Waals surface area contributed by atoms with E-state index in [1.165, 1.54) is 12.7 Å². The Bertz CT molecular complexity index is 1030. The van der Waals surface area contributed by atoms with E-state index in [0.29, 0.717) is 6.54 Å². The second kappa shape index (κ2) is 11.3. The molecule has 5 heteroatoms. The van der Waals surface area contributed by atoms with Crippen LogP contribution in [0.5, 0.6) is 0 Å². The van der Waals surface area contributed by atoms with E-state index in [-0.39, 0.29) is 30.9 Å². The van der Waals surface area contributed by atoms with Gasteiger partial charge in [0.25, 0.3) is 5.91 Å². The van der Waals surface area contributed by atoms with E-state index in [0.717, 1.165) is 22.4 Å². The number of nitrogens with one attached hydrogen (secondary N) is 1. The van der Waals surface area contributed by atoms with Crippen LogP contribution >= 0.6 is 0 Å².